The summed E-state index contributed by atoms with van der Waals surface area (Å²) < 4.78 is 31.8. The molecule has 1 N–H and O–H groups in total. The summed E-state index contributed by atoms with van der Waals surface area (Å²) in [5.74, 6) is -0.102. The third kappa shape index (κ3) is 4.39. The standard InChI is InChI=1S/C20H24N4O5S/c1-13-11-18(22-24(13)2)21-20(25)19(23-29-15-9-10-28-12-15)14-3-5-16(6-4-14)30(26,27)17-7-8-17/h3-6,11,15,17H,7-10,12H2,1-2H3,(H,21,22,25)/b23-19+/t15-/m1/s1. The van der Waals surface area contributed by atoms with E-state index in [2.05, 4.69) is 15.6 Å². The molecular formula is C20H24N4O5S. The Bertz CT molecular complexity index is 1050. The van der Waals surface area contributed by atoms with Crippen LogP contribution in [-0.4, -0.2) is 54.4 Å². The van der Waals surface area contributed by atoms with Gasteiger partial charge >= 0.3 is 0 Å². The SMILES string of the molecule is Cc1cc(NC(=O)/C(=N/O[C@@H]2CCOC2)c2ccc(S(=O)(=O)C3CC3)cc2)nn1C. The van der Waals surface area contributed by atoms with Crippen molar-refractivity contribution in [1.82, 2.24) is 9.78 Å². The van der Waals surface area contributed by atoms with E-state index in [-0.39, 0.29) is 22.0 Å². The maximum absolute atomic E-state index is 12.9. The Balaban J connectivity index is 1.59. The lowest BCUT2D eigenvalue weighted by atomic mass is 10.1. The molecule has 0 bridgehead atoms. The highest BCUT2D eigenvalue weighted by Crippen LogP contribution is 2.33. The number of sulfone groups is 1. The Morgan fingerprint density at radius 1 is 1.27 bits per heavy atom. The molecule has 2 heterocycles. The van der Waals surface area contributed by atoms with Crippen molar-refractivity contribution in [2.75, 3.05) is 18.5 Å². The van der Waals surface area contributed by atoms with Crippen LogP contribution < -0.4 is 5.32 Å². The zero-order valence-electron chi connectivity index (χ0n) is 16.9. The van der Waals surface area contributed by atoms with Gasteiger partial charge in [-0.25, -0.2) is 8.42 Å². The normalized spacial score (nSPS) is 19.7. The number of aryl methyl sites for hydroxylation is 2. The fourth-order valence-corrected chi connectivity index (χ4v) is 4.78. The molecule has 1 aromatic carbocycles. The van der Waals surface area contributed by atoms with E-state index >= 15 is 0 Å². The lowest BCUT2D eigenvalue weighted by molar-refractivity contribution is -0.110. The Morgan fingerprint density at radius 2 is 2.00 bits per heavy atom. The van der Waals surface area contributed by atoms with Crippen LogP contribution in [0.1, 0.15) is 30.5 Å². The van der Waals surface area contributed by atoms with Gasteiger partial charge in [-0.3, -0.25) is 9.48 Å². The van der Waals surface area contributed by atoms with Gasteiger partial charge in [0, 0.05) is 30.8 Å². The van der Waals surface area contributed by atoms with Crippen molar-refractivity contribution >= 4 is 27.3 Å². The number of ether oxygens (including phenoxy) is 1. The minimum atomic E-state index is -3.31. The Labute approximate surface area is 175 Å². The summed E-state index contributed by atoms with van der Waals surface area (Å²) in [5.41, 5.74) is 1.38. The number of anilines is 1. The number of nitrogens with zero attached hydrogens (tertiary/aromatic N) is 3. The minimum absolute atomic E-state index is 0.0422. The predicted molar refractivity (Wildman–Crippen MR) is 110 cm³/mol. The van der Waals surface area contributed by atoms with E-state index in [4.69, 9.17) is 9.57 Å². The molecule has 2 fully saturated rings. The van der Waals surface area contributed by atoms with Crippen LogP contribution in [0.4, 0.5) is 5.82 Å². The first-order chi connectivity index (χ1) is 14.3. The van der Waals surface area contributed by atoms with Crippen molar-refractivity contribution in [2.24, 2.45) is 12.2 Å². The summed E-state index contributed by atoms with van der Waals surface area (Å²) in [6.07, 6.45) is 1.86. The van der Waals surface area contributed by atoms with Crippen molar-refractivity contribution in [3.63, 3.8) is 0 Å². The third-order valence-corrected chi connectivity index (χ3v) is 7.45. The van der Waals surface area contributed by atoms with Crippen LogP contribution in [0, 0.1) is 6.92 Å². The molecule has 10 heteroatoms. The molecule has 2 aliphatic rings. The first kappa shape index (κ1) is 20.5. The summed E-state index contributed by atoms with van der Waals surface area (Å²) in [6, 6.07) is 7.91. The number of nitrogens with one attached hydrogen (secondary N) is 1. The van der Waals surface area contributed by atoms with Gasteiger partial charge in [0.15, 0.2) is 27.5 Å². The number of hydrogen-bond acceptors (Lipinski definition) is 7. The number of carbonyl (C=O) groups excluding carboxylic acids is 1. The molecule has 1 aliphatic carbocycles. The van der Waals surface area contributed by atoms with Crippen LogP contribution >= 0.6 is 0 Å². The fraction of sp³-hybridized carbons (Fsp3) is 0.450. The van der Waals surface area contributed by atoms with Crippen molar-refractivity contribution in [2.45, 2.75) is 42.4 Å². The first-order valence-electron chi connectivity index (χ1n) is 9.82. The van der Waals surface area contributed by atoms with Crippen LogP contribution in [0.2, 0.25) is 0 Å². The van der Waals surface area contributed by atoms with Crippen LogP contribution in [0.25, 0.3) is 0 Å². The molecule has 2 aromatic rings. The Kier molecular flexibility index (Phi) is 5.61. The second-order valence-corrected chi connectivity index (χ2v) is 9.78. The van der Waals surface area contributed by atoms with Crippen molar-refractivity contribution < 1.29 is 22.8 Å². The quantitative estimate of drug-likeness (QED) is 0.528. The van der Waals surface area contributed by atoms with E-state index in [1.807, 2.05) is 6.92 Å². The maximum atomic E-state index is 12.9. The second-order valence-electron chi connectivity index (χ2n) is 7.55. The lowest BCUT2D eigenvalue weighted by Gasteiger charge is -2.10. The largest absolute Gasteiger partial charge is 0.389 e. The third-order valence-electron chi connectivity index (χ3n) is 5.17. The molecule has 0 spiro atoms. The summed E-state index contributed by atoms with van der Waals surface area (Å²) in [7, 11) is -1.53. The summed E-state index contributed by atoms with van der Waals surface area (Å²) >= 11 is 0. The highest BCUT2D eigenvalue weighted by atomic mass is 32.2. The van der Waals surface area contributed by atoms with Gasteiger partial charge < -0.3 is 14.9 Å². The number of carbonyl (C=O) groups is 1. The zero-order chi connectivity index (χ0) is 21.3. The van der Waals surface area contributed by atoms with Gasteiger partial charge in [0.05, 0.1) is 23.4 Å². The zero-order valence-corrected chi connectivity index (χ0v) is 17.7. The molecule has 4 rings (SSSR count). The second kappa shape index (κ2) is 8.19. The molecule has 0 unspecified atom stereocenters. The number of aromatic nitrogens is 2. The van der Waals surface area contributed by atoms with Gasteiger partial charge in [0.25, 0.3) is 5.91 Å². The Morgan fingerprint density at radius 3 is 2.57 bits per heavy atom. The van der Waals surface area contributed by atoms with E-state index in [0.717, 1.165) is 5.69 Å². The average Bonchev–Trinajstić information content (AvgIpc) is 3.37. The van der Waals surface area contributed by atoms with Crippen molar-refractivity contribution in [1.29, 1.82) is 0 Å². The lowest BCUT2D eigenvalue weighted by Crippen LogP contribution is -2.25. The number of amides is 1. The molecular weight excluding hydrogens is 408 g/mol. The molecule has 0 radical (unpaired) electrons. The Hall–Kier alpha value is -2.72. The highest BCUT2D eigenvalue weighted by Gasteiger charge is 2.36. The van der Waals surface area contributed by atoms with Gasteiger partial charge in [0.2, 0.25) is 0 Å². The molecule has 9 nitrogen and oxygen atoms in total. The fourth-order valence-electron chi connectivity index (χ4n) is 3.12. The molecule has 1 saturated heterocycles. The maximum Gasteiger partial charge on any atom is 0.279 e. The van der Waals surface area contributed by atoms with E-state index in [0.29, 0.717) is 43.9 Å². The van der Waals surface area contributed by atoms with Crippen molar-refractivity contribution in [3.05, 3.63) is 41.6 Å². The van der Waals surface area contributed by atoms with E-state index in [1.54, 1.807) is 29.9 Å². The van der Waals surface area contributed by atoms with Crippen LogP contribution in [0.3, 0.4) is 0 Å². The molecule has 1 aliphatic heterocycles. The average molecular weight is 433 g/mol. The first-order valence-corrected chi connectivity index (χ1v) is 11.4. The smallest absolute Gasteiger partial charge is 0.279 e. The number of oxime groups is 1. The molecule has 1 saturated carbocycles. The van der Waals surface area contributed by atoms with E-state index in [9.17, 15) is 13.2 Å². The van der Waals surface area contributed by atoms with Crippen LogP contribution in [0.15, 0.2) is 40.4 Å². The predicted octanol–water partition coefficient (Wildman–Crippen LogP) is 1.81. The van der Waals surface area contributed by atoms with E-state index in [1.165, 1.54) is 12.1 Å². The number of rotatable bonds is 7. The summed E-state index contributed by atoms with van der Waals surface area (Å²) in [4.78, 5) is 18.7. The van der Waals surface area contributed by atoms with Gasteiger partial charge in [-0.1, -0.05) is 17.3 Å². The summed E-state index contributed by atoms with van der Waals surface area (Å²) in [5, 5.41) is 10.7. The molecule has 1 atom stereocenters. The van der Waals surface area contributed by atoms with Gasteiger partial charge in [-0.15, -0.1) is 0 Å². The van der Waals surface area contributed by atoms with Crippen molar-refractivity contribution in [3.8, 4) is 0 Å². The molecule has 30 heavy (non-hydrogen) atoms. The van der Waals surface area contributed by atoms with Crippen LogP contribution in [-0.2, 0) is 31.3 Å². The van der Waals surface area contributed by atoms with Crippen LogP contribution in [0.5, 0.6) is 0 Å². The number of hydrogen-bond donors (Lipinski definition) is 1. The molecule has 1 amide bonds. The van der Waals surface area contributed by atoms with Gasteiger partial charge in [-0.2, -0.15) is 5.10 Å². The minimum Gasteiger partial charge on any atom is -0.389 e. The topological polar surface area (TPSA) is 112 Å². The monoisotopic (exact) mass is 432 g/mol. The highest BCUT2D eigenvalue weighted by molar-refractivity contribution is 7.92. The van der Waals surface area contributed by atoms with Gasteiger partial charge in [0.1, 0.15) is 0 Å². The number of benzene rings is 1. The summed E-state index contributed by atoms with van der Waals surface area (Å²) in [6.45, 7) is 2.87. The van der Waals surface area contributed by atoms with E-state index < -0.39 is 15.7 Å². The molecule has 160 valence electrons. The van der Waals surface area contributed by atoms with Gasteiger partial charge in [-0.05, 0) is 31.9 Å². The molecule has 1 aromatic heterocycles.